The first-order valence-electron chi connectivity index (χ1n) is 24.5. The number of methoxy groups -OCH3 is 1. The molecular weight excluding hydrogens is 893 g/mol. The highest BCUT2D eigenvalue weighted by molar-refractivity contribution is 6.78. The van der Waals surface area contributed by atoms with Crippen molar-refractivity contribution < 1.29 is 47.3 Å². The van der Waals surface area contributed by atoms with E-state index in [0.717, 1.165) is 22.0 Å². The predicted octanol–water partition coefficient (Wildman–Crippen LogP) is 10.8. The number of rotatable bonds is 22. The number of esters is 2. The van der Waals surface area contributed by atoms with Crippen molar-refractivity contribution in [3.05, 3.63) is 77.5 Å². The van der Waals surface area contributed by atoms with Crippen LogP contribution in [0.15, 0.2) is 66.4 Å². The second-order valence-electron chi connectivity index (χ2n) is 21.7. The fourth-order valence-corrected chi connectivity index (χ4v) is 14.4. The summed E-state index contributed by atoms with van der Waals surface area (Å²) in [6.07, 6.45) is 1.59. The zero-order valence-corrected chi connectivity index (χ0v) is 46.0. The summed E-state index contributed by atoms with van der Waals surface area (Å²) in [6, 6.07) is 11.7. The maximum absolute atomic E-state index is 15.1. The number of allylic oxidation sites excluding steroid dienone is 1. The Bertz CT molecular complexity index is 2200. The van der Waals surface area contributed by atoms with Crippen molar-refractivity contribution >= 4 is 49.1 Å². The van der Waals surface area contributed by atoms with Crippen molar-refractivity contribution in [3.8, 4) is 5.75 Å². The number of carbonyl (C=O) groups excluding carboxylic acids is 5. The summed E-state index contributed by atoms with van der Waals surface area (Å²) in [6.45, 7) is 33.0. The van der Waals surface area contributed by atoms with Gasteiger partial charge < -0.3 is 43.9 Å². The first-order chi connectivity index (χ1) is 31.9. The average Bonchev–Trinajstić information content (AvgIpc) is 3.64. The number of aromatic nitrogens is 1. The molecular formula is C54H84N4O10Si. The van der Waals surface area contributed by atoms with Crippen LogP contribution in [0.2, 0.25) is 16.6 Å². The second-order valence-corrected chi connectivity index (χ2v) is 27.1. The number of H-pyrrole nitrogens is 1. The zero-order valence-electron chi connectivity index (χ0n) is 45.0. The first-order valence-corrected chi connectivity index (χ1v) is 26.6. The van der Waals surface area contributed by atoms with Gasteiger partial charge in [-0.2, -0.15) is 0 Å². The maximum Gasteiger partial charge on any atom is 0.408 e. The van der Waals surface area contributed by atoms with Gasteiger partial charge in [-0.05, 0) is 115 Å². The smallest absolute Gasteiger partial charge is 0.408 e. The third-order valence-electron chi connectivity index (χ3n) is 12.7. The van der Waals surface area contributed by atoms with Crippen molar-refractivity contribution in [1.29, 1.82) is 0 Å². The van der Waals surface area contributed by atoms with Crippen LogP contribution in [0.25, 0.3) is 10.9 Å². The zero-order chi connectivity index (χ0) is 52.3. The Morgan fingerprint density at radius 2 is 1.33 bits per heavy atom. The number of likely N-dealkylation sites (N-methyl/N-ethyl adjacent to an activating group) is 1. The summed E-state index contributed by atoms with van der Waals surface area (Å²) in [5.74, 6) is -2.07. The molecule has 3 amide bonds. The molecule has 1 heterocycles. The van der Waals surface area contributed by atoms with E-state index in [0.29, 0.717) is 34.4 Å². The minimum absolute atomic E-state index is 0.0813. The monoisotopic (exact) mass is 977 g/mol. The van der Waals surface area contributed by atoms with E-state index >= 15 is 4.79 Å². The third kappa shape index (κ3) is 16.2. The van der Waals surface area contributed by atoms with Crippen LogP contribution < -0.4 is 15.1 Å². The Morgan fingerprint density at radius 3 is 1.87 bits per heavy atom. The quantitative estimate of drug-likeness (QED) is 0.0380. The summed E-state index contributed by atoms with van der Waals surface area (Å²) in [7, 11) is 0.555. The molecule has 2 aromatic carbocycles. The van der Waals surface area contributed by atoms with E-state index in [1.165, 1.54) is 26.0 Å². The number of nitrogens with zero attached hydrogens (tertiary/aromatic N) is 1. The Labute approximate surface area is 413 Å². The molecule has 7 atom stereocenters. The number of aromatic amines is 1. The molecule has 0 unspecified atom stereocenters. The van der Waals surface area contributed by atoms with Crippen LogP contribution in [0.1, 0.15) is 141 Å². The fourth-order valence-electron chi connectivity index (χ4n) is 9.15. The van der Waals surface area contributed by atoms with Crippen LogP contribution >= 0.6 is 0 Å². The van der Waals surface area contributed by atoms with E-state index in [4.69, 9.17) is 23.4 Å². The van der Waals surface area contributed by atoms with Crippen molar-refractivity contribution in [1.82, 2.24) is 20.5 Å². The van der Waals surface area contributed by atoms with Crippen molar-refractivity contribution in [3.63, 3.8) is 0 Å². The van der Waals surface area contributed by atoms with E-state index in [9.17, 15) is 19.2 Å². The van der Waals surface area contributed by atoms with Crippen LogP contribution in [0, 0.1) is 11.8 Å². The molecule has 384 valence electrons. The maximum atomic E-state index is 15.1. The van der Waals surface area contributed by atoms with Crippen molar-refractivity contribution in [2.45, 2.75) is 189 Å². The SMILES string of the molecule is CO[C@@H](C(=O)O[C@H](C)[C@H](C)/C=C(\C)C[C@H](C)C(=O)OC(C)(C)C)[C@@H](NC(=O)[C@@H](Cc1c[nH]c2ccccc12)N(C)C(=O)[C@H](C)NC(=O)OC(C)(C)C)c1ccc(O[Si](C(C)C)(C(C)C)C(C)C)cc1. The molecule has 0 aliphatic heterocycles. The number of carbonyl (C=O) groups is 5. The largest absolute Gasteiger partial charge is 0.543 e. The number of nitrogens with one attached hydrogen (secondary N) is 3. The van der Waals surface area contributed by atoms with Crippen LogP contribution in [-0.2, 0) is 44.5 Å². The van der Waals surface area contributed by atoms with Gasteiger partial charge in [-0.1, -0.05) is 97.4 Å². The first kappa shape index (κ1) is 58.2. The summed E-state index contributed by atoms with van der Waals surface area (Å²) < 4.78 is 30.1. The minimum atomic E-state index is -2.34. The Hall–Kier alpha value is -5.15. The molecule has 15 heteroatoms. The Kier molecular flexibility index (Phi) is 20.7. The molecule has 3 aromatic rings. The molecule has 14 nitrogen and oxygen atoms in total. The third-order valence-corrected chi connectivity index (χ3v) is 18.7. The number of hydrogen-bond donors (Lipinski definition) is 3. The van der Waals surface area contributed by atoms with Crippen LogP contribution in [0.3, 0.4) is 0 Å². The van der Waals surface area contributed by atoms with Gasteiger partial charge in [0.15, 0.2) is 6.10 Å². The van der Waals surface area contributed by atoms with Gasteiger partial charge in [0.25, 0.3) is 8.32 Å². The molecule has 1 aromatic heterocycles. The van der Waals surface area contributed by atoms with E-state index < -0.39 is 73.7 Å². The molecule has 0 saturated carbocycles. The number of fused-ring (bicyclic) bond motifs is 1. The van der Waals surface area contributed by atoms with Crippen LogP contribution in [-0.4, -0.2) is 97.7 Å². The molecule has 0 aliphatic carbocycles. The lowest BCUT2D eigenvalue weighted by Crippen LogP contribution is -2.56. The lowest BCUT2D eigenvalue weighted by atomic mass is 9.96. The molecule has 0 radical (unpaired) electrons. The van der Waals surface area contributed by atoms with Gasteiger partial charge in [-0.3, -0.25) is 14.4 Å². The minimum Gasteiger partial charge on any atom is -0.543 e. The van der Waals surface area contributed by atoms with Crippen molar-refractivity contribution in [2.24, 2.45) is 11.8 Å². The highest BCUT2D eigenvalue weighted by atomic mass is 28.4. The molecule has 3 rings (SSSR count). The van der Waals surface area contributed by atoms with Gasteiger partial charge in [-0.15, -0.1) is 0 Å². The number of alkyl carbamates (subject to hydrolysis) is 1. The van der Waals surface area contributed by atoms with E-state index in [-0.39, 0.29) is 24.2 Å². The lowest BCUT2D eigenvalue weighted by Gasteiger charge is -2.42. The van der Waals surface area contributed by atoms with Gasteiger partial charge >= 0.3 is 18.0 Å². The standard InChI is InChI=1S/C54H84N4O10Si/c1-32(2)69(33(3)4,34(5)6)68-42-26-24-40(25-27-42)46(47(64-19)51(62)65-39(11)36(8)28-35(7)29-37(9)50(61)66-53(12,13)14)57-48(59)45(30-41-31-55-44-23-21-20-22-43(41)44)58(18)49(60)38(10)56-52(63)67-54(15,16)17/h20-28,31-34,36-39,45-47,55H,29-30H2,1-19H3,(H,56,63)(H,57,59)/b35-28+/t36-,37+,38+,39-,45-,46+,47-/m1/s1. The predicted molar refractivity (Wildman–Crippen MR) is 275 cm³/mol. The molecule has 0 saturated heterocycles. The number of para-hydroxylation sites is 1. The fraction of sp³-hybridized carbons (Fsp3) is 0.611. The van der Waals surface area contributed by atoms with Crippen LogP contribution in [0.4, 0.5) is 4.79 Å². The van der Waals surface area contributed by atoms with Gasteiger partial charge in [0.2, 0.25) is 11.8 Å². The highest BCUT2D eigenvalue weighted by Crippen LogP contribution is 2.43. The molecule has 0 aliphatic rings. The number of amides is 3. The van der Waals surface area contributed by atoms with E-state index in [1.807, 2.05) is 102 Å². The Morgan fingerprint density at radius 1 is 0.768 bits per heavy atom. The van der Waals surface area contributed by atoms with E-state index in [1.54, 1.807) is 27.7 Å². The second kappa shape index (κ2) is 24.6. The van der Waals surface area contributed by atoms with Crippen LogP contribution in [0.5, 0.6) is 5.75 Å². The summed E-state index contributed by atoms with van der Waals surface area (Å²) in [4.78, 5) is 73.7. The summed E-state index contributed by atoms with van der Waals surface area (Å²) in [5, 5.41) is 6.59. The Balaban J connectivity index is 2.09. The molecule has 0 bridgehead atoms. The molecule has 3 N–H and O–H groups in total. The molecule has 0 spiro atoms. The van der Waals surface area contributed by atoms with Gasteiger partial charge in [0.1, 0.15) is 35.1 Å². The van der Waals surface area contributed by atoms with E-state index in [2.05, 4.69) is 57.2 Å². The normalized spacial score (nSPS) is 15.7. The number of ether oxygens (including phenoxy) is 4. The van der Waals surface area contributed by atoms with Gasteiger partial charge in [0, 0.05) is 43.6 Å². The number of hydrogen-bond acceptors (Lipinski definition) is 10. The lowest BCUT2D eigenvalue weighted by molar-refractivity contribution is -0.164. The average molecular weight is 977 g/mol. The molecule has 69 heavy (non-hydrogen) atoms. The highest BCUT2D eigenvalue weighted by Gasteiger charge is 2.47. The molecule has 0 fully saturated rings. The summed E-state index contributed by atoms with van der Waals surface area (Å²) in [5.41, 5.74) is 2.68. The topological polar surface area (TPSA) is 175 Å². The van der Waals surface area contributed by atoms with Gasteiger partial charge in [-0.25, -0.2) is 9.59 Å². The van der Waals surface area contributed by atoms with Crippen molar-refractivity contribution in [2.75, 3.05) is 14.2 Å². The van der Waals surface area contributed by atoms with Gasteiger partial charge in [0.05, 0.1) is 12.0 Å². The number of benzene rings is 2. The summed E-state index contributed by atoms with van der Waals surface area (Å²) >= 11 is 0.